The van der Waals surface area contributed by atoms with E-state index in [9.17, 15) is 4.39 Å². The summed E-state index contributed by atoms with van der Waals surface area (Å²) in [4.78, 5) is 0. The molecule has 0 fully saturated rings. The molecule has 1 aliphatic carbocycles. The van der Waals surface area contributed by atoms with Crippen molar-refractivity contribution in [2.75, 3.05) is 0 Å². The molecule has 2 nitrogen and oxygen atoms in total. The van der Waals surface area contributed by atoms with Gasteiger partial charge in [-0.2, -0.15) is 5.26 Å². The van der Waals surface area contributed by atoms with Crippen molar-refractivity contribution < 1.29 is 4.39 Å². The number of rotatable bonds is 0. The minimum Gasteiger partial charge on any atom is -0.324 e. The van der Waals surface area contributed by atoms with E-state index >= 15 is 0 Å². The average molecular weight is 176 g/mol. The molecule has 1 unspecified atom stereocenters. The second kappa shape index (κ2) is 2.82. The van der Waals surface area contributed by atoms with Crippen molar-refractivity contribution in [1.82, 2.24) is 0 Å². The van der Waals surface area contributed by atoms with Gasteiger partial charge in [0.25, 0.3) is 0 Å². The van der Waals surface area contributed by atoms with Gasteiger partial charge in [-0.1, -0.05) is 6.07 Å². The maximum absolute atomic E-state index is 13.5. The first-order valence-electron chi connectivity index (χ1n) is 4.21. The van der Waals surface area contributed by atoms with E-state index in [0.717, 1.165) is 18.4 Å². The Balaban J connectivity index is 2.65. The van der Waals surface area contributed by atoms with Gasteiger partial charge in [0.05, 0.1) is 5.56 Å². The highest BCUT2D eigenvalue weighted by atomic mass is 19.1. The third-order valence-corrected chi connectivity index (χ3v) is 2.49. The van der Waals surface area contributed by atoms with Crippen LogP contribution in [0.5, 0.6) is 0 Å². The number of hydrogen-bond acceptors (Lipinski definition) is 2. The van der Waals surface area contributed by atoms with Crippen LogP contribution in [0.2, 0.25) is 0 Å². The normalized spacial score (nSPS) is 19.6. The van der Waals surface area contributed by atoms with E-state index in [0.29, 0.717) is 5.56 Å². The van der Waals surface area contributed by atoms with Gasteiger partial charge < -0.3 is 5.73 Å². The van der Waals surface area contributed by atoms with Crippen molar-refractivity contribution in [2.45, 2.75) is 18.9 Å². The molecule has 1 aromatic rings. The van der Waals surface area contributed by atoms with Crippen LogP contribution in [0.1, 0.15) is 29.2 Å². The van der Waals surface area contributed by atoms with E-state index in [1.54, 1.807) is 6.07 Å². The van der Waals surface area contributed by atoms with Gasteiger partial charge >= 0.3 is 0 Å². The molecule has 13 heavy (non-hydrogen) atoms. The molecule has 0 aromatic heterocycles. The van der Waals surface area contributed by atoms with Gasteiger partial charge in [-0.25, -0.2) is 4.39 Å². The van der Waals surface area contributed by atoms with E-state index in [1.165, 1.54) is 6.07 Å². The van der Waals surface area contributed by atoms with E-state index in [4.69, 9.17) is 11.0 Å². The summed E-state index contributed by atoms with van der Waals surface area (Å²) in [5.74, 6) is -0.426. The fourth-order valence-corrected chi connectivity index (χ4v) is 1.79. The molecule has 0 amide bonds. The number of aryl methyl sites for hydroxylation is 1. The summed E-state index contributed by atoms with van der Waals surface area (Å²) in [6, 6.07) is 4.90. The van der Waals surface area contributed by atoms with Gasteiger partial charge in [-0.15, -0.1) is 0 Å². The zero-order valence-corrected chi connectivity index (χ0v) is 7.05. The van der Waals surface area contributed by atoms with Gasteiger partial charge in [0.15, 0.2) is 0 Å². The van der Waals surface area contributed by atoms with Crippen LogP contribution in [0.3, 0.4) is 0 Å². The fraction of sp³-hybridized carbons (Fsp3) is 0.300. The van der Waals surface area contributed by atoms with Gasteiger partial charge in [0.2, 0.25) is 0 Å². The lowest BCUT2D eigenvalue weighted by Crippen LogP contribution is -2.08. The Hall–Kier alpha value is -1.40. The quantitative estimate of drug-likeness (QED) is 0.653. The third kappa shape index (κ3) is 1.11. The van der Waals surface area contributed by atoms with Crippen LogP contribution in [-0.4, -0.2) is 0 Å². The molecule has 66 valence electrons. The number of benzene rings is 1. The molecule has 0 saturated carbocycles. The molecule has 1 aromatic carbocycles. The summed E-state index contributed by atoms with van der Waals surface area (Å²) in [6.07, 6.45) is 1.60. The lowest BCUT2D eigenvalue weighted by Gasteiger charge is -2.06. The van der Waals surface area contributed by atoms with E-state index in [-0.39, 0.29) is 11.6 Å². The lowest BCUT2D eigenvalue weighted by molar-refractivity contribution is 0.586. The standard InChI is InChI=1S/C10H9FN2/c11-10-7(5-12)2-1-6-3-4-8(13)9(6)10/h1-2,8H,3-4,13H2. The monoisotopic (exact) mass is 176 g/mol. The highest BCUT2D eigenvalue weighted by molar-refractivity contribution is 5.43. The SMILES string of the molecule is N#Cc1ccc2c(c1F)C(N)CC2. The molecule has 2 rings (SSSR count). The molecule has 0 aliphatic heterocycles. The third-order valence-electron chi connectivity index (χ3n) is 2.49. The summed E-state index contributed by atoms with van der Waals surface area (Å²) in [5.41, 5.74) is 7.30. The molecule has 0 bridgehead atoms. The van der Waals surface area contributed by atoms with Crippen molar-refractivity contribution in [3.63, 3.8) is 0 Å². The van der Waals surface area contributed by atoms with Gasteiger partial charge in [0, 0.05) is 11.6 Å². The number of nitrogens with zero attached hydrogens (tertiary/aromatic N) is 1. The minimum atomic E-state index is -0.426. The second-order valence-corrected chi connectivity index (χ2v) is 3.26. The Morgan fingerprint density at radius 2 is 2.31 bits per heavy atom. The maximum Gasteiger partial charge on any atom is 0.145 e. The topological polar surface area (TPSA) is 49.8 Å². The van der Waals surface area contributed by atoms with Crippen LogP contribution in [-0.2, 0) is 6.42 Å². The molecular formula is C10H9FN2. The Morgan fingerprint density at radius 3 is 3.00 bits per heavy atom. The van der Waals surface area contributed by atoms with Crippen molar-refractivity contribution in [3.8, 4) is 6.07 Å². The molecular weight excluding hydrogens is 167 g/mol. The summed E-state index contributed by atoms with van der Waals surface area (Å²) in [7, 11) is 0. The minimum absolute atomic E-state index is 0.0936. The van der Waals surface area contributed by atoms with Gasteiger partial charge in [0.1, 0.15) is 11.9 Å². The Morgan fingerprint density at radius 1 is 1.54 bits per heavy atom. The highest BCUT2D eigenvalue weighted by Crippen LogP contribution is 2.32. The predicted molar refractivity (Wildman–Crippen MR) is 46.4 cm³/mol. The Kier molecular flexibility index (Phi) is 1.78. The molecule has 0 spiro atoms. The first kappa shape index (κ1) is 8.21. The first-order valence-corrected chi connectivity index (χ1v) is 4.21. The molecule has 1 atom stereocenters. The summed E-state index contributed by atoms with van der Waals surface area (Å²) in [5, 5.41) is 8.61. The first-order chi connectivity index (χ1) is 6.24. The highest BCUT2D eigenvalue weighted by Gasteiger charge is 2.24. The van der Waals surface area contributed by atoms with Gasteiger partial charge in [-0.3, -0.25) is 0 Å². The average Bonchev–Trinajstić information content (AvgIpc) is 2.49. The van der Waals surface area contributed by atoms with E-state index in [2.05, 4.69) is 0 Å². The summed E-state index contributed by atoms with van der Waals surface area (Å²) >= 11 is 0. The van der Waals surface area contributed by atoms with Crippen LogP contribution in [0, 0.1) is 17.1 Å². The second-order valence-electron chi connectivity index (χ2n) is 3.26. The Labute approximate surface area is 75.8 Å². The molecule has 2 N–H and O–H groups in total. The number of nitrogens with two attached hydrogens (primary N) is 1. The number of hydrogen-bond donors (Lipinski definition) is 1. The van der Waals surface area contributed by atoms with Gasteiger partial charge in [-0.05, 0) is 24.5 Å². The number of nitriles is 1. The number of fused-ring (bicyclic) bond motifs is 1. The van der Waals surface area contributed by atoms with Crippen LogP contribution >= 0.6 is 0 Å². The van der Waals surface area contributed by atoms with E-state index < -0.39 is 5.82 Å². The smallest absolute Gasteiger partial charge is 0.145 e. The van der Waals surface area contributed by atoms with Crippen LogP contribution in [0.25, 0.3) is 0 Å². The van der Waals surface area contributed by atoms with Crippen LogP contribution < -0.4 is 5.73 Å². The largest absolute Gasteiger partial charge is 0.324 e. The van der Waals surface area contributed by atoms with Crippen molar-refractivity contribution in [3.05, 3.63) is 34.6 Å². The van der Waals surface area contributed by atoms with Crippen molar-refractivity contribution in [2.24, 2.45) is 5.73 Å². The van der Waals surface area contributed by atoms with Crippen molar-refractivity contribution in [1.29, 1.82) is 5.26 Å². The molecule has 0 heterocycles. The fourth-order valence-electron chi connectivity index (χ4n) is 1.79. The van der Waals surface area contributed by atoms with E-state index in [1.807, 2.05) is 6.07 Å². The van der Waals surface area contributed by atoms with Crippen LogP contribution in [0.15, 0.2) is 12.1 Å². The molecule has 0 radical (unpaired) electrons. The molecule has 1 aliphatic rings. The van der Waals surface area contributed by atoms with Crippen molar-refractivity contribution >= 4 is 0 Å². The van der Waals surface area contributed by atoms with Crippen LogP contribution in [0.4, 0.5) is 4.39 Å². The Bertz CT molecular complexity index is 393. The predicted octanol–water partition coefficient (Wildman–Crippen LogP) is 1.64. The molecule has 3 heteroatoms. The lowest BCUT2D eigenvalue weighted by atomic mass is 10.0. The molecule has 0 saturated heterocycles. The zero-order chi connectivity index (χ0) is 9.42. The summed E-state index contributed by atoms with van der Waals surface area (Å²) < 4.78 is 13.5. The summed E-state index contributed by atoms with van der Waals surface area (Å²) in [6.45, 7) is 0. The maximum atomic E-state index is 13.5. The zero-order valence-electron chi connectivity index (χ0n) is 7.05. The number of halogens is 1.